The minimum absolute atomic E-state index is 0.0995. The number of carbonyl (C=O) groups is 2. The van der Waals surface area contributed by atoms with Gasteiger partial charge in [-0.3, -0.25) is 4.79 Å². The summed E-state index contributed by atoms with van der Waals surface area (Å²) in [5.74, 6) is -0.333. The van der Waals surface area contributed by atoms with Crippen LogP contribution < -0.4 is 14.2 Å². The Morgan fingerprint density at radius 1 is 1.14 bits per heavy atom. The topological polar surface area (TPSA) is 91.3 Å². The van der Waals surface area contributed by atoms with Gasteiger partial charge in [0, 0.05) is 13.0 Å². The summed E-state index contributed by atoms with van der Waals surface area (Å²) < 4.78 is 20.7. The predicted octanol–water partition coefficient (Wildman–Crippen LogP) is 1.74. The van der Waals surface area contributed by atoms with E-state index in [1.807, 2.05) is 0 Å². The third-order valence-corrected chi connectivity index (χ3v) is 2.54. The Morgan fingerprint density at radius 3 is 2.18 bits per heavy atom. The van der Waals surface area contributed by atoms with Crippen molar-refractivity contribution in [3.8, 4) is 17.2 Å². The Hall–Kier alpha value is -2.70. The number of aliphatic carboxylic acids is 1. The van der Waals surface area contributed by atoms with Crippen molar-refractivity contribution >= 4 is 18.0 Å². The highest BCUT2D eigenvalue weighted by Gasteiger charge is 2.13. The number of carbonyl (C=O) groups excluding carboxylic acids is 1. The maximum absolute atomic E-state index is 10.7. The lowest BCUT2D eigenvalue weighted by atomic mass is 10.1. The fourth-order valence-electron chi connectivity index (χ4n) is 1.64. The first-order valence-electron chi connectivity index (χ1n) is 6.41. The Kier molecular flexibility index (Phi) is 6.75. The van der Waals surface area contributed by atoms with Crippen molar-refractivity contribution in [2.75, 3.05) is 27.4 Å². The molecule has 7 nitrogen and oxygen atoms in total. The van der Waals surface area contributed by atoms with Gasteiger partial charge in [0.25, 0.3) is 0 Å². The molecule has 1 rings (SSSR count). The zero-order valence-electron chi connectivity index (χ0n) is 12.6. The lowest BCUT2D eigenvalue weighted by molar-refractivity contribution is -0.141. The Morgan fingerprint density at radius 2 is 1.73 bits per heavy atom. The number of esters is 1. The lowest BCUT2D eigenvalue weighted by Gasteiger charge is -2.15. The van der Waals surface area contributed by atoms with E-state index in [0.29, 0.717) is 22.8 Å². The van der Waals surface area contributed by atoms with Crippen LogP contribution in [0.25, 0.3) is 6.08 Å². The molecule has 120 valence electrons. The van der Waals surface area contributed by atoms with Crippen LogP contribution in [0.15, 0.2) is 18.2 Å². The number of benzene rings is 1. The molecule has 22 heavy (non-hydrogen) atoms. The molecule has 0 fully saturated rings. The third-order valence-electron chi connectivity index (χ3n) is 2.54. The monoisotopic (exact) mass is 310 g/mol. The second-order valence-corrected chi connectivity index (χ2v) is 4.11. The first-order chi connectivity index (χ1) is 10.5. The van der Waals surface area contributed by atoms with Gasteiger partial charge in [0.1, 0.15) is 13.2 Å². The van der Waals surface area contributed by atoms with Gasteiger partial charge in [0.15, 0.2) is 11.5 Å². The van der Waals surface area contributed by atoms with E-state index in [4.69, 9.17) is 24.1 Å². The quantitative estimate of drug-likeness (QED) is 0.444. The minimum Gasteiger partial charge on any atom is -0.493 e. The molecular formula is C15H18O7. The van der Waals surface area contributed by atoms with Crippen molar-refractivity contribution in [2.24, 2.45) is 0 Å². The molecule has 0 spiro atoms. The van der Waals surface area contributed by atoms with Gasteiger partial charge in [0.05, 0.1) is 14.2 Å². The van der Waals surface area contributed by atoms with E-state index in [1.165, 1.54) is 27.2 Å². The maximum atomic E-state index is 10.7. The van der Waals surface area contributed by atoms with Gasteiger partial charge in [-0.25, -0.2) is 4.79 Å². The van der Waals surface area contributed by atoms with Crippen molar-refractivity contribution < 1.29 is 33.6 Å². The molecule has 0 aliphatic rings. The zero-order chi connectivity index (χ0) is 16.5. The van der Waals surface area contributed by atoms with Gasteiger partial charge >= 0.3 is 11.9 Å². The highest BCUT2D eigenvalue weighted by Crippen LogP contribution is 2.38. The minimum atomic E-state index is -1.06. The molecule has 0 amide bonds. The van der Waals surface area contributed by atoms with Crippen LogP contribution in [0.2, 0.25) is 0 Å². The summed E-state index contributed by atoms with van der Waals surface area (Å²) in [7, 11) is 2.91. The van der Waals surface area contributed by atoms with Crippen LogP contribution in [0.3, 0.4) is 0 Å². The first kappa shape index (κ1) is 17.4. The largest absolute Gasteiger partial charge is 0.493 e. The van der Waals surface area contributed by atoms with Crippen molar-refractivity contribution in [3.63, 3.8) is 0 Å². The molecule has 0 heterocycles. The standard InChI is InChI=1S/C15H18O7/c1-10(16)21-6-7-22-15-12(19-2)8-11(4-5-14(17)18)9-13(15)20-3/h4-5,8-9H,6-7H2,1-3H3,(H,17,18)/b5-4+. The summed E-state index contributed by atoms with van der Waals surface area (Å²) >= 11 is 0. The molecule has 0 atom stereocenters. The van der Waals surface area contributed by atoms with E-state index in [2.05, 4.69) is 0 Å². The Balaban J connectivity index is 2.95. The highest BCUT2D eigenvalue weighted by atomic mass is 16.6. The van der Waals surface area contributed by atoms with E-state index in [-0.39, 0.29) is 13.2 Å². The molecule has 1 N–H and O–H groups in total. The lowest BCUT2D eigenvalue weighted by Crippen LogP contribution is -2.10. The van der Waals surface area contributed by atoms with Gasteiger partial charge < -0.3 is 24.1 Å². The fraction of sp³-hybridized carbons (Fsp3) is 0.333. The van der Waals surface area contributed by atoms with Crippen LogP contribution in [-0.4, -0.2) is 44.5 Å². The third kappa shape index (κ3) is 5.35. The number of methoxy groups -OCH3 is 2. The molecule has 0 saturated carbocycles. The van der Waals surface area contributed by atoms with E-state index >= 15 is 0 Å². The SMILES string of the molecule is COc1cc(/C=C/C(=O)O)cc(OC)c1OCCOC(C)=O. The van der Waals surface area contributed by atoms with Crippen LogP contribution in [0, 0.1) is 0 Å². The molecule has 1 aromatic carbocycles. The molecule has 1 aromatic rings. The molecule has 0 radical (unpaired) electrons. The second kappa shape index (κ2) is 8.56. The van der Waals surface area contributed by atoms with Gasteiger partial charge in [-0.1, -0.05) is 0 Å². The van der Waals surface area contributed by atoms with E-state index < -0.39 is 11.9 Å². The van der Waals surface area contributed by atoms with Crippen molar-refractivity contribution in [1.29, 1.82) is 0 Å². The maximum Gasteiger partial charge on any atom is 0.328 e. The summed E-state index contributed by atoms with van der Waals surface area (Å²) in [5.41, 5.74) is 0.587. The average molecular weight is 310 g/mol. The van der Waals surface area contributed by atoms with Crippen molar-refractivity contribution in [2.45, 2.75) is 6.92 Å². The summed E-state index contributed by atoms with van der Waals surface area (Å²) in [6.07, 6.45) is 2.42. The van der Waals surface area contributed by atoms with E-state index in [1.54, 1.807) is 12.1 Å². The average Bonchev–Trinajstić information content (AvgIpc) is 2.49. The molecule has 0 aliphatic carbocycles. The molecule has 0 aromatic heterocycles. The van der Waals surface area contributed by atoms with Gasteiger partial charge in [0.2, 0.25) is 5.75 Å². The smallest absolute Gasteiger partial charge is 0.328 e. The number of hydrogen-bond donors (Lipinski definition) is 1. The zero-order valence-corrected chi connectivity index (χ0v) is 12.6. The van der Waals surface area contributed by atoms with Crippen LogP contribution in [0.1, 0.15) is 12.5 Å². The molecule has 7 heteroatoms. The van der Waals surface area contributed by atoms with Crippen molar-refractivity contribution in [1.82, 2.24) is 0 Å². The van der Waals surface area contributed by atoms with Crippen LogP contribution in [-0.2, 0) is 14.3 Å². The van der Waals surface area contributed by atoms with Gasteiger partial charge in [-0.15, -0.1) is 0 Å². The number of ether oxygens (including phenoxy) is 4. The second-order valence-electron chi connectivity index (χ2n) is 4.11. The molecule has 0 unspecified atom stereocenters. The van der Waals surface area contributed by atoms with E-state index in [0.717, 1.165) is 6.08 Å². The normalized spacial score (nSPS) is 10.3. The summed E-state index contributed by atoms with van der Waals surface area (Å²) in [6, 6.07) is 3.23. The Labute approximate surface area is 128 Å². The van der Waals surface area contributed by atoms with Crippen molar-refractivity contribution in [3.05, 3.63) is 23.8 Å². The molecule has 0 aliphatic heterocycles. The number of rotatable bonds is 8. The van der Waals surface area contributed by atoms with Crippen LogP contribution in [0.5, 0.6) is 17.2 Å². The van der Waals surface area contributed by atoms with E-state index in [9.17, 15) is 9.59 Å². The fourth-order valence-corrected chi connectivity index (χ4v) is 1.64. The van der Waals surface area contributed by atoms with Crippen LogP contribution in [0.4, 0.5) is 0 Å². The predicted molar refractivity (Wildman–Crippen MR) is 78.3 cm³/mol. The number of carboxylic acids is 1. The summed E-state index contributed by atoms with van der Waals surface area (Å²) in [4.78, 5) is 21.3. The summed E-state index contributed by atoms with van der Waals surface area (Å²) in [6.45, 7) is 1.55. The number of hydrogen-bond acceptors (Lipinski definition) is 6. The van der Waals surface area contributed by atoms with Gasteiger partial charge in [-0.2, -0.15) is 0 Å². The molecular weight excluding hydrogens is 292 g/mol. The highest BCUT2D eigenvalue weighted by molar-refractivity contribution is 5.85. The first-order valence-corrected chi connectivity index (χ1v) is 6.41. The molecule has 0 saturated heterocycles. The Bertz CT molecular complexity index is 538. The van der Waals surface area contributed by atoms with Gasteiger partial charge in [-0.05, 0) is 23.8 Å². The summed E-state index contributed by atoms with van der Waals surface area (Å²) in [5, 5.41) is 8.66. The van der Waals surface area contributed by atoms with Crippen LogP contribution >= 0.6 is 0 Å². The number of carboxylic acid groups (broad SMARTS) is 1. The molecule has 0 bridgehead atoms.